The van der Waals surface area contributed by atoms with Gasteiger partial charge >= 0.3 is 0 Å². The van der Waals surface area contributed by atoms with Crippen molar-refractivity contribution in [3.63, 3.8) is 0 Å². The van der Waals surface area contributed by atoms with Crippen LogP contribution < -0.4 is 11.1 Å². The van der Waals surface area contributed by atoms with Gasteiger partial charge in [0, 0.05) is 22.4 Å². The summed E-state index contributed by atoms with van der Waals surface area (Å²) in [6.07, 6.45) is 0.933. The normalized spacial score (nSPS) is 10.2. The lowest BCUT2D eigenvalue weighted by Gasteiger charge is -2.08. The van der Waals surface area contributed by atoms with E-state index in [1.165, 1.54) is 5.56 Å². The first-order chi connectivity index (χ1) is 8.25. The summed E-state index contributed by atoms with van der Waals surface area (Å²) in [5.74, 6) is 0. The first-order valence-corrected chi connectivity index (χ1v) is 6.38. The number of rotatable bonds is 4. The molecule has 0 bridgehead atoms. The van der Waals surface area contributed by atoms with E-state index in [4.69, 9.17) is 5.73 Å². The third-order valence-corrected chi connectivity index (χ3v) is 3.15. The van der Waals surface area contributed by atoms with Crippen molar-refractivity contribution in [3.8, 4) is 0 Å². The maximum atomic E-state index is 5.89. The lowest BCUT2D eigenvalue weighted by molar-refractivity contribution is 1.02. The Morgan fingerprint density at radius 1 is 1.00 bits per heavy atom. The van der Waals surface area contributed by atoms with Gasteiger partial charge in [0.05, 0.1) is 0 Å². The highest BCUT2D eigenvalue weighted by molar-refractivity contribution is 9.10. The van der Waals surface area contributed by atoms with E-state index in [2.05, 4.69) is 39.4 Å². The Morgan fingerprint density at radius 3 is 2.41 bits per heavy atom. The second-order valence-electron chi connectivity index (χ2n) is 3.88. The molecule has 3 N–H and O–H groups in total. The van der Waals surface area contributed by atoms with Crippen molar-refractivity contribution in [2.24, 2.45) is 0 Å². The first kappa shape index (κ1) is 12.0. The molecule has 3 heteroatoms. The van der Waals surface area contributed by atoms with E-state index in [1.54, 1.807) is 0 Å². The first-order valence-electron chi connectivity index (χ1n) is 5.58. The fraction of sp³-hybridized carbons (Fsp3) is 0.143. The summed E-state index contributed by atoms with van der Waals surface area (Å²) in [5.41, 5.74) is 9.07. The third-order valence-electron chi connectivity index (χ3n) is 2.62. The standard InChI is InChI=1S/C14H15BrN2/c15-12-5-7-13(8-6-12)17-10-9-11-3-1-2-4-14(11)16/h1-8,17H,9-10,16H2. The minimum absolute atomic E-state index is 0.866. The summed E-state index contributed by atoms with van der Waals surface area (Å²) >= 11 is 3.42. The number of benzene rings is 2. The maximum absolute atomic E-state index is 5.89. The van der Waals surface area contributed by atoms with Crippen LogP contribution in [-0.2, 0) is 6.42 Å². The van der Waals surface area contributed by atoms with E-state index in [-0.39, 0.29) is 0 Å². The van der Waals surface area contributed by atoms with Crippen molar-refractivity contribution in [3.05, 3.63) is 58.6 Å². The van der Waals surface area contributed by atoms with Crippen LogP contribution in [0.25, 0.3) is 0 Å². The quantitative estimate of drug-likeness (QED) is 0.843. The number of halogens is 1. The van der Waals surface area contributed by atoms with E-state index >= 15 is 0 Å². The largest absolute Gasteiger partial charge is 0.399 e. The van der Waals surface area contributed by atoms with Crippen molar-refractivity contribution in [2.45, 2.75) is 6.42 Å². The molecule has 0 atom stereocenters. The second kappa shape index (κ2) is 5.73. The topological polar surface area (TPSA) is 38.0 Å². The van der Waals surface area contributed by atoms with Crippen LogP contribution >= 0.6 is 15.9 Å². The molecule has 0 spiro atoms. The number of para-hydroxylation sites is 1. The maximum Gasteiger partial charge on any atom is 0.0347 e. The Bertz CT molecular complexity index is 480. The van der Waals surface area contributed by atoms with Gasteiger partial charge in [-0.1, -0.05) is 34.1 Å². The zero-order chi connectivity index (χ0) is 12.1. The SMILES string of the molecule is Nc1ccccc1CCNc1ccc(Br)cc1. The van der Waals surface area contributed by atoms with Crippen molar-refractivity contribution in [1.29, 1.82) is 0 Å². The van der Waals surface area contributed by atoms with Gasteiger partial charge in [0.1, 0.15) is 0 Å². The molecule has 0 aliphatic heterocycles. The molecule has 0 saturated carbocycles. The highest BCUT2D eigenvalue weighted by atomic mass is 79.9. The molecule has 2 rings (SSSR count). The van der Waals surface area contributed by atoms with Crippen LogP contribution in [0.5, 0.6) is 0 Å². The molecule has 0 fully saturated rings. The average molecular weight is 291 g/mol. The number of hydrogen-bond donors (Lipinski definition) is 2. The van der Waals surface area contributed by atoms with E-state index in [0.29, 0.717) is 0 Å². The van der Waals surface area contributed by atoms with Crippen LogP contribution in [0.2, 0.25) is 0 Å². The third kappa shape index (κ3) is 3.49. The molecule has 2 aromatic carbocycles. The average Bonchev–Trinajstić information content (AvgIpc) is 2.34. The number of nitrogen functional groups attached to an aromatic ring is 1. The van der Waals surface area contributed by atoms with Gasteiger partial charge in [-0.05, 0) is 42.3 Å². The van der Waals surface area contributed by atoms with E-state index in [0.717, 1.165) is 28.8 Å². The lowest BCUT2D eigenvalue weighted by atomic mass is 10.1. The molecule has 0 aromatic heterocycles. The molecular weight excluding hydrogens is 276 g/mol. The van der Waals surface area contributed by atoms with Gasteiger partial charge < -0.3 is 11.1 Å². The Labute approximate surface area is 110 Å². The molecule has 88 valence electrons. The zero-order valence-electron chi connectivity index (χ0n) is 9.49. The van der Waals surface area contributed by atoms with Crippen LogP contribution in [0.15, 0.2) is 53.0 Å². The molecule has 0 aliphatic carbocycles. The molecule has 2 nitrogen and oxygen atoms in total. The Kier molecular flexibility index (Phi) is 4.04. The van der Waals surface area contributed by atoms with Gasteiger partial charge in [-0.2, -0.15) is 0 Å². The smallest absolute Gasteiger partial charge is 0.0347 e. The van der Waals surface area contributed by atoms with Crippen molar-refractivity contribution < 1.29 is 0 Å². The second-order valence-corrected chi connectivity index (χ2v) is 4.80. The number of nitrogens with two attached hydrogens (primary N) is 1. The molecule has 0 saturated heterocycles. The monoisotopic (exact) mass is 290 g/mol. The van der Waals surface area contributed by atoms with E-state index in [1.807, 2.05) is 30.3 Å². The fourth-order valence-electron chi connectivity index (χ4n) is 1.67. The minimum Gasteiger partial charge on any atom is -0.399 e. The van der Waals surface area contributed by atoms with Crippen LogP contribution in [0.1, 0.15) is 5.56 Å². The van der Waals surface area contributed by atoms with Gasteiger partial charge in [0.25, 0.3) is 0 Å². The molecule has 0 heterocycles. The molecule has 17 heavy (non-hydrogen) atoms. The summed E-state index contributed by atoms with van der Waals surface area (Å²) in [5, 5.41) is 3.37. The zero-order valence-corrected chi connectivity index (χ0v) is 11.1. The summed E-state index contributed by atoms with van der Waals surface area (Å²) in [6, 6.07) is 16.1. The highest BCUT2D eigenvalue weighted by Crippen LogP contribution is 2.15. The highest BCUT2D eigenvalue weighted by Gasteiger charge is 1.97. The van der Waals surface area contributed by atoms with Gasteiger partial charge in [0.15, 0.2) is 0 Å². The van der Waals surface area contributed by atoms with E-state index < -0.39 is 0 Å². The van der Waals surface area contributed by atoms with Crippen LogP contribution in [0.3, 0.4) is 0 Å². The van der Waals surface area contributed by atoms with Gasteiger partial charge in [0.2, 0.25) is 0 Å². The van der Waals surface area contributed by atoms with E-state index in [9.17, 15) is 0 Å². The number of hydrogen-bond acceptors (Lipinski definition) is 2. The Balaban J connectivity index is 1.88. The van der Waals surface area contributed by atoms with Crippen LogP contribution in [0.4, 0.5) is 11.4 Å². The molecule has 0 unspecified atom stereocenters. The summed E-state index contributed by atoms with van der Waals surface area (Å²) in [6.45, 7) is 0.885. The minimum atomic E-state index is 0.866. The summed E-state index contributed by atoms with van der Waals surface area (Å²) in [7, 11) is 0. The number of nitrogens with one attached hydrogen (secondary N) is 1. The van der Waals surface area contributed by atoms with Crippen molar-refractivity contribution in [2.75, 3.05) is 17.6 Å². The van der Waals surface area contributed by atoms with Crippen LogP contribution in [-0.4, -0.2) is 6.54 Å². The predicted octanol–water partition coefficient (Wildman–Crippen LogP) is 3.69. The summed E-state index contributed by atoms with van der Waals surface area (Å²) in [4.78, 5) is 0. The van der Waals surface area contributed by atoms with Crippen molar-refractivity contribution in [1.82, 2.24) is 0 Å². The molecule has 2 aromatic rings. The van der Waals surface area contributed by atoms with Gasteiger partial charge in [-0.15, -0.1) is 0 Å². The fourth-order valence-corrected chi connectivity index (χ4v) is 1.94. The Hall–Kier alpha value is -1.48. The molecule has 0 radical (unpaired) electrons. The summed E-state index contributed by atoms with van der Waals surface area (Å²) < 4.78 is 1.09. The molecule has 0 amide bonds. The van der Waals surface area contributed by atoms with Gasteiger partial charge in [-0.25, -0.2) is 0 Å². The predicted molar refractivity (Wildman–Crippen MR) is 77.2 cm³/mol. The van der Waals surface area contributed by atoms with Crippen LogP contribution in [0, 0.1) is 0 Å². The van der Waals surface area contributed by atoms with Crippen molar-refractivity contribution >= 4 is 27.3 Å². The molecular formula is C14H15BrN2. The Morgan fingerprint density at radius 2 is 1.71 bits per heavy atom. The number of anilines is 2. The molecule has 0 aliphatic rings. The lowest BCUT2D eigenvalue weighted by Crippen LogP contribution is -2.06. The van der Waals surface area contributed by atoms with Gasteiger partial charge in [-0.3, -0.25) is 0 Å².